The zero-order chi connectivity index (χ0) is 25.2. The molecule has 184 valence electrons. The molecule has 0 atom stereocenters. The molecule has 0 saturated carbocycles. The summed E-state index contributed by atoms with van der Waals surface area (Å²) >= 11 is 0. The van der Waals surface area contributed by atoms with Crippen LogP contribution >= 0.6 is 0 Å². The maximum Gasteiger partial charge on any atom is 0.246 e. The number of hydrogen-bond acceptors (Lipinski definition) is 8. The van der Waals surface area contributed by atoms with Gasteiger partial charge in [-0.2, -0.15) is 0 Å². The van der Waals surface area contributed by atoms with E-state index in [9.17, 15) is 4.79 Å². The first-order valence-corrected chi connectivity index (χ1v) is 11.4. The van der Waals surface area contributed by atoms with Gasteiger partial charge in [-0.3, -0.25) is 4.79 Å². The molecule has 1 fully saturated rings. The van der Waals surface area contributed by atoms with Crippen molar-refractivity contribution in [2.75, 3.05) is 32.6 Å². The Morgan fingerprint density at radius 1 is 1.11 bits per heavy atom. The van der Waals surface area contributed by atoms with E-state index < -0.39 is 0 Å². The van der Waals surface area contributed by atoms with Crippen molar-refractivity contribution in [1.29, 1.82) is 0 Å². The molecule has 5 rings (SSSR count). The molecule has 0 spiro atoms. The zero-order valence-corrected chi connectivity index (χ0v) is 20.3. The third kappa shape index (κ3) is 4.31. The SMILES string of the molecule is C=CC(=O)N1CC(Oc2cc3c(Nc4cc(-c5ccoc5C)ccc4OC)ncnc3cc2OC)C1. The van der Waals surface area contributed by atoms with E-state index >= 15 is 0 Å². The number of methoxy groups -OCH3 is 2. The van der Waals surface area contributed by atoms with Gasteiger partial charge in [0.15, 0.2) is 11.5 Å². The quantitative estimate of drug-likeness (QED) is 0.357. The standard InChI is InChI=1S/C27H26N4O5/c1-5-26(32)31-13-18(14-31)36-25-11-20-21(12-24(25)34-4)28-15-29-27(20)30-22-10-17(6-7-23(22)33-3)19-8-9-35-16(19)2/h5-12,15,18H,1,13-14H2,2-4H3,(H,28,29,30). The van der Waals surface area contributed by atoms with Crippen LogP contribution in [0.3, 0.4) is 0 Å². The molecule has 9 heteroatoms. The molecule has 2 aromatic heterocycles. The monoisotopic (exact) mass is 486 g/mol. The van der Waals surface area contributed by atoms with E-state index in [0.29, 0.717) is 41.7 Å². The van der Waals surface area contributed by atoms with Gasteiger partial charge in [0.2, 0.25) is 5.91 Å². The minimum atomic E-state index is -0.142. The van der Waals surface area contributed by atoms with Gasteiger partial charge in [-0.15, -0.1) is 0 Å². The van der Waals surface area contributed by atoms with Gasteiger partial charge in [0.25, 0.3) is 0 Å². The average Bonchev–Trinajstić information content (AvgIpc) is 3.31. The number of ether oxygens (including phenoxy) is 3. The van der Waals surface area contributed by atoms with Crippen LogP contribution in [0, 0.1) is 6.92 Å². The molecular formula is C27H26N4O5. The first-order chi connectivity index (χ1) is 17.5. The highest BCUT2D eigenvalue weighted by molar-refractivity contribution is 5.94. The minimum absolute atomic E-state index is 0.109. The molecule has 0 radical (unpaired) electrons. The average molecular weight is 487 g/mol. The van der Waals surface area contributed by atoms with Crippen molar-refractivity contribution in [2.24, 2.45) is 0 Å². The van der Waals surface area contributed by atoms with Crippen LogP contribution in [-0.4, -0.2) is 54.2 Å². The van der Waals surface area contributed by atoms with Crippen molar-refractivity contribution < 1.29 is 23.4 Å². The molecule has 0 unspecified atom stereocenters. The molecule has 0 bridgehead atoms. The summed E-state index contributed by atoms with van der Waals surface area (Å²) in [6, 6.07) is 11.5. The summed E-state index contributed by atoms with van der Waals surface area (Å²) in [7, 11) is 3.20. The highest BCUT2D eigenvalue weighted by Gasteiger charge is 2.31. The lowest BCUT2D eigenvalue weighted by Crippen LogP contribution is -2.55. The van der Waals surface area contributed by atoms with E-state index in [4.69, 9.17) is 18.6 Å². The summed E-state index contributed by atoms with van der Waals surface area (Å²) in [5, 5.41) is 4.15. The van der Waals surface area contributed by atoms with Gasteiger partial charge < -0.3 is 28.8 Å². The molecule has 1 saturated heterocycles. The van der Waals surface area contributed by atoms with Crippen molar-refractivity contribution in [3.8, 4) is 28.4 Å². The summed E-state index contributed by atoms with van der Waals surface area (Å²) in [6.45, 7) is 6.42. The molecule has 1 N–H and O–H groups in total. The Balaban J connectivity index is 1.48. The van der Waals surface area contributed by atoms with Gasteiger partial charge in [-0.05, 0) is 42.8 Å². The summed E-state index contributed by atoms with van der Waals surface area (Å²) < 4.78 is 22.8. The molecule has 1 aliphatic heterocycles. The maximum atomic E-state index is 11.8. The Morgan fingerprint density at radius 2 is 1.92 bits per heavy atom. The van der Waals surface area contributed by atoms with Crippen molar-refractivity contribution in [2.45, 2.75) is 13.0 Å². The number of rotatable bonds is 8. The summed E-state index contributed by atoms with van der Waals surface area (Å²) in [6.07, 6.45) is 4.32. The van der Waals surface area contributed by atoms with Gasteiger partial charge in [0, 0.05) is 17.0 Å². The van der Waals surface area contributed by atoms with E-state index in [1.54, 1.807) is 25.4 Å². The summed E-state index contributed by atoms with van der Waals surface area (Å²) in [5.41, 5.74) is 3.41. The number of nitrogens with zero attached hydrogens (tertiary/aromatic N) is 3. The molecule has 36 heavy (non-hydrogen) atoms. The number of hydrogen-bond donors (Lipinski definition) is 1. The molecular weight excluding hydrogens is 460 g/mol. The van der Waals surface area contributed by atoms with Crippen LogP contribution in [0.5, 0.6) is 17.2 Å². The number of anilines is 2. The van der Waals surface area contributed by atoms with Crippen molar-refractivity contribution in [3.05, 3.63) is 67.4 Å². The molecule has 1 aliphatic rings. The number of aryl methyl sites for hydroxylation is 1. The fraction of sp³-hybridized carbons (Fsp3) is 0.222. The number of carbonyl (C=O) groups is 1. The Labute approximate surface area is 208 Å². The molecule has 3 heterocycles. The van der Waals surface area contributed by atoms with Gasteiger partial charge >= 0.3 is 0 Å². The Kier molecular flexibility index (Phi) is 6.20. The molecule has 4 aromatic rings. The summed E-state index contributed by atoms with van der Waals surface area (Å²) in [4.78, 5) is 22.3. The van der Waals surface area contributed by atoms with Gasteiger partial charge in [0.1, 0.15) is 29.8 Å². The van der Waals surface area contributed by atoms with E-state index in [-0.39, 0.29) is 12.0 Å². The van der Waals surface area contributed by atoms with Crippen molar-refractivity contribution in [1.82, 2.24) is 14.9 Å². The maximum absolute atomic E-state index is 11.8. The van der Waals surface area contributed by atoms with Crippen LogP contribution in [0.15, 0.2) is 66.1 Å². The number of fused-ring (bicyclic) bond motifs is 1. The van der Waals surface area contributed by atoms with Crippen LogP contribution in [0.1, 0.15) is 5.76 Å². The Morgan fingerprint density at radius 3 is 2.61 bits per heavy atom. The van der Waals surface area contributed by atoms with Gasteiger partial charge in [-0.25, -0.2) is 9.97 Å². The van der Waals surface area contributed by atoms with E-state index in [2.05, 4.69) is 21.9 Å². The second kappa shape index (κ2) is 9.61. The van der Waals surface area contributed by atoms with Crippen LogP contribution in [0.4, 0.5) is 11.5 Å². The van der Waals surface area contributed by atoms with Gasteiger partial charge in [0.05, 0.1) is 44.8 Å². The summed E-state index contributed by atoms with van der Waals surface area (Å²) in [5.74, 6) is 3.07. The lowest BCUT2D eigenvalue weighted by atomic mass is 10.1. The van der Waals surface area contributed by atoms with Crippen molar-refractivity contribution >= 4 is 28.3 Å². The first kappa shape index (κ1) is 23.2. The minimum Gasteiger partial charge on any atom is -0.495 e. The van der Waals surface area contributed by atoms with Crippen LogP contribution in [0.2, 0.25) is 0 Å². The predicted octanol–water partition coefficient (Wildman–Crippen LogP) is 4.73. The van der Waals surface area contributed by atoms with Crippen molar-refractivity contribution in [3.63, 3.8) is 0 Å². The highest BCUT2D eigenvalue weighted by Crippen LogP contribution is 2.38. The topological polar surface area (TPSA) is 99.0 Å². The highest BCUT2D eigenvalue weighted by atomic mass is 16.5. The fourth-order valence-electron chi connectivity index (χ4n) is 4.20. The smallest absolute Gasteiger partial charge is 0.246 e. The number of benzene rings is 2. The number of carbonyl (C=O) groups excluding carboxylic acids is 1. The number of amides is 1. The van der Waals surface area contributed by atoms with Crippen LogP contribution in [0.25, 0.3) is 22.0 Å². The third-order valence-electron chi connectivity index (χ3n) is 6.17. The third-order valence-corrected chi connectivity index (χ3v) is 6.17. The number of likely N-dealkylation sites (tertiary alicyclic amines) is 1. The first-order valence-electron chi connectivity index (χ1n) is 11.4. The largest absolute Gasteiger partial charge is 0.495 e. The van der Waals surface area contributed by atoms with E-state index in [0.717, 1.165) is 28.0 Å². The molecule has 0 aliphatic carbocycles. The normalized spacial score (nSPS) is 13.2. The zero-order valence-electron chi connectivity index (χ0n) is 20.3. The lowest BCUT2D eigenvalue weighted by molar-refractivity contribution is -0.134. The Hall–Kier alpha value is -4.53. The van der Waals surface area contributed by atoms with E-state index in [1.165, 1.54) is 12.4 Å². The van der Waals surface area contributed by atoms with Gasteiger partial charge in [-0.1, -0.05) is 12.6 Å². The fourth-order valence-corrected chi connectivity index (χ4v) is 4.20. The predicted molar refractivity (Wildman–Crippen MR) is 136 cm³/mol. The van der Waals surface area contributed by atoms with E-state index in [1.807, 2.05) is 43.3 Å². The molecule has 2 aromatic carbocycles. The molecule has 9 nitrogen and oxygen atoms in total. The Bertz CT molecular complexity index is 1440. The van der Waals surface area contributed by atoms with Crippen LogP contribution in [-0.2, 0) is 4.79 Å². The molecule has 1 amide bonds. The van der Waals surface area contributed by atoms with Crippen LogP contribution < -0.4 is 19.5 Å². The second-order valence-corrected chi connectivity index (χ2v) is 8.36. The second-order valence-electron chi connectivity index (χ2n) is 8.36. The number of nitrogens with one attached hydrogen (secondary N) is 1. The number of furan rings is 1. The number of aromatic nitrogens is 2. The lowest BCUT2D eigenvalue weighted by Gasteiger charge is -2.38.